The number of carbonyl (C=O) groups is 1. The van der Waals surface area contributed by atoms with Crippen LogP contribution < -0.4 is 0 Å². The Morgan fingerprint density at radius 1 is 0.407 bits per heavy atom. The quantitative estimate of drug-likeness (QED) is 0.0377. The van der Waals surface area contributed by atoms with E-state index in [2.05, 4.69) is 38.2 Å². The lowest BCUT2D eigenvalue weighted by atomic mass is 10.0. The van der Waals surface area contributed by atoms with Gasteiger partial charge >= 0.3 is 5.97 Å². The van der Waals surface area contributed by atoms with Crippen molar-refractivity contribution in [3.8, 4) is 0 Å². The fraction of sp³-hybridized carbons (Fsp3) is 0.909. The first-order chi connectivity index (χ1) is 29.2. The van der Waals surface area contributed by atoms with Gasteiger partial charge in [-0.05, 0) is 44.9 Å². The summed E-state index contributed by atoms with van der Waals surface area (Å²) in [4.78, 5) is 12.3. The van der Waals surface area contributed by atoms with Gasteiger partial charge in [0.25, 0.3) is 0 Å². The molecule has 0 heterocycles. The Hall–Kier alpha value is -1.13. The van der Waals surface area contributed by atoms with E-state index in [-0.39, 0.29) is 12.6 Å². The van der Waals surface area contributed by atoms with Crippen LogP contribution in [-0.4, -0.2) is 37.0 Å². The van der Waals surface area contributed by atoms with Crippen molar-refractivity contribution in [3.05, 3.63) is 24.3 Å². The molecule has 1 N–H and O–H groups in total. The summed E-state index contributed by atoms with van der Waals surface area (Å²) in [5.41, 5.74) is 0. The summed E-state index contributed by atoms with van der Waals surface area (Å²) < 4.78 is 11.2. The van der Waals surface area contributed by atoms with E-state index < -0.39 is 6.10 Å². The minimum Gasteiger partial charge on any atom is -0.457 e. The van der Waals surface area contributed by atoms with E-state index in [1.54, 1.807) is 0 Å². The second-order valence-electron chi connectivity index (χ2n) is 18.3. The molecule has 0 bridgehead atoms. The Bertz CT molecular complexity index is 837. The summed E-state index contributed by atoms with van der Waals surface area (Å²) in [6.07, 6.45) is 67.1. The molecule has 1 unspecified atom stereocenters. The third-order valence-corrected chi connectivity index (χ3v) is 12.3. The molecular weight excluding hydrogens is 725 g/mol. The molecule has 0 amide bonds. The van der Waals surface area contributed by atoms with Gasteiger partial charge in [-0.1, -0.05) is 269 Å². The molecule has 1 atom stereocenters. The highest BCUT2D eigenvalue weighted by atomic mass is 16.6. The summed E-state index contributed by atoms with van der Waals surface area (Å²) in [5, 5.41) is 9.66. The number of rotatable bonds is 51. The molecule has 0 aliphatic heterocycles. The molecule has 59 heavy (non-hydrogen) atoms. The van der Waals surface area contributed by atoms with Gasteiger partial charge in [-0.3, -0.25) is 4.79 Å². The van der Waals surface area contributed by atoms with Gasteiger partial charge in [0, 0.05) is 13.0 Å². The summed E-state index contributed by atoms with van der Waals surface area (Å²) in [7, 11) is 0. The monoisotopic (exact) mass is 831 g/mol. The van der Waals surface area contributed by atoms with E-state index in [1.165, 1.54) is 250 Å². The van der Waals surface area contributed by atoms with E-state index in [1.807, 2.05) is 0 Å². The van der Waals surface area contributed by atoms with Crippen LogP contribution in [0.3, 0.4) is 0 Å². The van der Waals surface area contributed by atoms with Crippen LogP contribution in [0.2, 0.25) is 0 Å². The molecule has 0 rings (SSSR count). The molecule has 4 heteroatoms. The molecule has 0 saturated heterocycles. The van der Waals surface area contributed by atoms with E-state index in [0.29, 0.717) is 19.6 Å². The predicted octanol–water partition coefficient (Wildman–Crippen LogP) is 18.2. The molecule has 0 aromatic heterocycles. The van der Waals surface area contributed by atoms with Crippen LogP contribution in [0.15, 0.2) is 24.3 Å². The van der Waals surface area contributed by atoms with Gasteiger partial charge in [-0.2, -0.15) is 0 Å². The van der Waals surface area contributed by atoms with Crippen molar-refractivity contribution in [1.29, 1.82) is 0 Å². The fourth-order valence-electron chi connectivity index (χ4n) is 8.25. The molecule has 0 aliphatic rings. The zero-order chi connectivity index (χ0) is 42.6. The van der Waals surface area contributed by atoms with E-state index in [4.69, 9.17) is 9.47 Å². The Balaban J connectivity index is 3.35. The minimum atomic E-state index is -0.531. The molecule has 0 aromatic rings. The van der Waals surface area contributed by atoms with Crippen molar-refractivity contribution in [2.45, 2.75) is 302 Å². The van der Waals surface area contributed by atoms with Gasteiger partial charge in [0.15, 0.2) is 0 Å². The number of hydrogen-bond acceptors (Lipinski definition) is 4. The number of carbonyl (C=O) groups excluding carboxylic acids is 1. The van der Waals surface area contributed by atoms with E-state index >= 15 is 0 Å². The average Bonchev–Trinajstić information content (AvgIpc) is 3.24. The molecule has 4 nitrogen and oxygen atoms in total. The lowest BCUT2D eigenvalue weighted by molar-refractivity contribution is -0.154. The number of ether oxygens (including phenoxy) is 2. The molecule has 0 saturated carbocycles. The lowest BCUT2D eigenvalue weighted by Crippen LogP contribution is -2.27. The summed E-state index contributed by atoms with van der Waals surface area (Å²) >= 11 is 0. The van der Waals surface area contributed by atoms with Crippen LogP contribution in [0.4, 0.5) is 0 Å². The first-order valence-electron chi connectivity index (χ1n) is 26.9. The maximum absolute atomic E-state index is 12.3. The molecule has 0 radical (unpaired) electrons. The van der Waals surface area contributed by atoms with Crippen molar-refractivity contribution in [1.82, 2.24) is 0 Å². The first-order valence-corrected chi connectivity index (χ1v) is 26.9. The lowest BCUT2D eigenvalue weighted by Gasteiger charge is -2.16. The highest BCUT2D eigenvalue weighted by molar-refractivity contribution is 5.69. The zero-order valence-corrected chi connectivity index (χ0v) is 40.3. The molecule has 0 fully saturated rings. The second kappa shape index (κ2) is 53.0. The topological polar surface area (TPSA) is 55.8 Å². The van der Waals surface area contributed by atoms with Crippen LogP contribution in [-0.2, 0) is 14.3 Å². The average molecular weight is 831 g/mol. The number of esters is 1. The van der Waals surface area contributed by atoms with Crippen LogP contribution in [0.25, 0.3) is 0 Å². The smallest absolute Gasteiger partial charge is 0.306 e. The Morgan fingerprint density at radius 2 is 0.712 bits per heavy atom. The third kappa shape index (κ3) is 51.1. The van der Waals surface area contributed by atoms with Crippen molar-refractivity contribution < 1.29 is 19.4 Å². The van der Waals surface area contributed by atoms with Gasteiger partial charge in [-0.15, -0.1) is 0 Å². The molecule has 0 spiro atoms. The van der Waals surface area contributed by atoms with Gasteiger partial charge in [0.2, 0.25) is 0 Å². The number of aliphatic hydroxyl groups excluding tert-OH is 1. The summed E-state index contributed by atoms with van der Waals surface area (Å²) in [6, 6.07) is 0. The standard InChI is InChI=1S/C55H106O4/c1-3-5-7-9-11-13-15-17-19-21-23-25-27-28-29-30-32-34-36-38-40-42-44-46-48-50-55(57)59-54(52-56)53-58-51-49-47-45-43-41-39-37-35-33-31-26-24-22-20-18-16-14-12-10-8-6-4-2/h15,17,21,23,54,56H,3-14,16,18-20,22,24-53H2,1-2H3/b17-15-,23-21-. The number of aliphatic hydroxyl groups is 1. The van der Waals surface area contributed by atoms with Crippen molar-refractivity contribution >= 4 is 5.97 Å². The van der Waals surface area contributed by atoms with Crippen LogP contribution in [0, 0.1) is 0 Å². The van der Waals surface area contributed by atoms with E-state index in [0.717, 1.165) is 25.7 Å². The Labute approximate surface area is 370 Å². The van der Waals surface area contributed by atoms with Gasteiger partial charge in [0.05, 0.1) is 13.2 Å². The predicted molar refractivity (Wildman–Crippen MR) is 261 cm³/mol. The summed E-state index contributed by atoms with van der Waals surface area (Å²) in [6.45, 7) is 5.40. The molecule has 0 aromatic carbocycles. The number of hydrogen-bond donors (Lipinski definition) is 1. The highest BCUT2D eigenvalue weighted by Gasteiger charge is 2.13. The minimum absolute atomic E-state index is 0.166. The van der Waals surface area contributed by atoms with Gasteiger partial charge < -0.3 is 14.6 Å². The van der Waals surface area contributed by atoms with Gasteiger partial charge in [0.1, 0.15) is 6.10 Å². The second-order valence-corrected chi connectivity index (χ2v) is 18.3. The first kappa shape index (κ1) is 57.9. The Kier molecular flexibility index (Phi) is 52.0. The molecule has 0 aliphatic carbocycles. The maximum atomic E-state index is 12.3. The van der Waals surface area contributed by atoms with E-state index in [9.17, 15) is 9.90 Å². The largest absolute Gasteiger partial charge is 0.457 e. The normalized spacial score (nSPS) is 12.4. The zero-order valence-electron chi connectivity index (χ0n) is 40.3. The molecule has 350 valence electrons. The fourth-order valence-corrected chi connectivity index (χ4v) is 8.25. The van der Waals surface area contributed by atoms with Crippen molar-refractivity contribution in [3.63, 3.8) is 0 Å². The Morgan fingerprint density at radius 3 is 1.05 bits per heavy atom. The van der Waals surface area contributed by atoms with Crippen LogP contribution in [0.1, 0.15) is 296 Å². The highest BCUT2D eigenvalue weighted by Crippen LogP contribution is 2.17. The van der Waals surface area contributed by atoms with Crippen LogP contribution in [0.5, 0.6) is 0 Å². The van der Waals surface area contributed by atoms with Gasteiger partial charge in [-0.25, -0.2) is 0 Å². The molecular formula is C55H106O4. The number of allylic oxidation sites excluding steroid dienone is 4. The van der Waals surface area contributed by atoms with Crippen molar-refractivity contribution in [2.24, 2.45) is 0 Å². The third-order valence-electron chi connectivity index (χ3n) is 12.3. The SMILES string of the molecule is CCCCCCC/C=C\C/C=C\CCCCCCCCCCCCCCCC(=O)OC(CO)COCCCCCCCCCCCCCCCCCCCCCCCC. The van der Waals surface area contributed by atoms with Crippen molar-refractivity contribution in [2.75, 3.05) is 19.8 Å². The van der Waals surface area contributed by atoms with Crippen LogP contribution >= 0.6 is 0 Å². The number of unbranched alkanes of at least 4 members (excludes halogenated alkanes) is 39. The summed E-state index contributed by atoms with van der Waals surface area (Å²) in [5.74, 6) is -0.194. The maximum Gasteiger partial charge on any atom is 0.306 e.